The average Bonchev–Trinajstić information content (AvgIpc) is 2.68. The Morgan fingerprint density at radius 1 is 1.31 bits per heavy atom. The highest BCUT2D eigenvalue weighted by atomic mass is 32.1. The topological polar surface area (TPSA) is 58.0 Å². The Bertz CT molecular complexity index is 294. The maximum atomic E-state index is 10.4. The second kappa shape index (κ2) is 5.70. The highest BCUT2D eigenvalue weighted by molar-refractivity contribution is 7.03. The van der Waals surface area contributed by atoms with Gasteiger partial charge in [-0.2, -0.15) is 0 Å². The highest BCUT2D eigenvalue weighted by Gasteiger charge is 2.27. The van der Waals surface area contributed by atoms with E-state index in [1.54, 1.807) is 0 Å². The largest absolute Gasteiger partial charge is 0.389 e. The molecule has 1 aromatic heterocycles. The van der Waals surface area contributed by atoms with E-state index in [1.807, 2.05) is 5.38 Å². The van der Waals surface area contributed by atoms with E-state index in [0.29, 0.717) is 13.1 Å². The smallest absolute Gasteiger partial charge is 0.0893 e. The Labute approximate surface area is 100 Å². The van der Waals surface area contributed by atoms with Gasteiger partial charge in [0.15, 0.2) is 0 Å². The Kier molecular flexibility index (Phi) is 4.26. The quantitative estimate of drug-likeness (QED) is 0.788. The summed E-state index contributed by atoms with van der Waals surface area (Å²) in [7, 11) is 0. The zero-order chi connectivity index (χ0) is 11.3. The number of nitrogens with one attached hydrogen (secondary N) is 1. The number of hydrogen-bond acceptors (Lipinski definition) is 5. The van der Waals surface area contributed by atoms with Gasteiger partial charge in [-0.1, -0.05) is 30.2 Å². The van der Waals surface area contributed by atoms with Gasteiger partial charge >= 0.3 is 0 Å². The van der Waals surface area contributed by atoms with Gasteiger partial charge in [0, 0.05) is 18.5 Å². The molecule has 0 aromatic carbocycles. The predicted octanol–water partition coefficient (Wildman–Crippen LogP) is 1.71. The molecule has 0 saturated heterocycles. The summed E-state index contributed by atoms with van der Waals surface area (Å²) in [5, 5.41) is 19.6. The summed E-state index contributed by atoms with van der Waals surface area (Å²) in [5.41, 5.74) is 0.460. The SMILES string of the molecule is OC1(CNCc2csnn2)CCCCCC1. The zero-order valence-electron chi connectivity index (χ0n) is 9.48. The Hall–Kier alpha value is -0.520. The standard InChI is InChI=1S/C11H19N3OS/c15-11(5-3-1-2-4-6-11)9-12-7-10-8-16-14-13-10/h8,12,15H,1-7,9H2. The van der Waals surface area contributed by atoms with Gasteiger partial charge in [-0.05, 0) is 24.4 Å². The Morgan fingerprint density at radius 3 is 2.69 bits per heavy atom. The molecular weight excluding hydrogens is 222 g/mol. The van der Waals surface area contributed by atoms with E-state index < -0.39 is 5.60 Å². The van der Waals surface area contributed by atoms with E-state index in [2.05, 4.69) is 14.9 Å². The lowest BCUT2D eigenvalue weighted by Gasteiger charge is -2.26. The fourth-order valence-corrected chi connectivity index (χ4v) is 2.70. The minimum Gasteiger partial charge on any atom is -0.389 e. The van der Waals surface area contributed by atoms with Gasteiger partial charge in [0.25, 0.3) is 0 Å². The van der Waals surface area contributed by atoms with Crippen LogP contribution in [0.1, 0.15) is 44.2 Å². The lowest BCUT2D eigenvalue weighted by atomic mass is 9.94. The molecule has 90 valence electrons. The van der Waals surface area contributed by atoms with Crippen LogP contribution in [-0.2, 0) is 6.54 Å². The van der Waals surface area contributed by atoms with Crippen LogP contribution in [0, 0.1) is 0 Å². The molecule has 1 saturated carbocycles. The molecule has 0 amide bonds. The van der Waals surface area contributed by atoms with Crippen molar-refractivity contribution in [1.29, 1.82) is 0 Å². The van der Waals surface area contributed by atoms with Gasteiger partial charge in [0.05, 0.1) is 11.3 Å². The molecule has 1 fully saturated rings. The second-order valence-corrected chi connectivity index (χ2v) is 5.25. The van der Waals surface area contributed by atoms with Gasteiger partial charge in [-0.25, -0.2) is 0 Å². The lowest BCUT2D eigenvalue weighted by molar-refractivity contribution is 0.0250. The van der Waals surface area contributed by atoms with Gasteiger partial charge < -0.3 is 10.4 Å². The summed E-state index contributed by atoms with van der Waals surface area (Å²) in [5.74, 6) is 0. The molecule has 0 radical (unpaired) electrons. The molecule has 0 aliphatic heterocycles. The molecule has 0 spiro atoms. The maximum Gasteiger partial charge on any atom is 0.0893 e. The number of nitrogens with zero attached hydrogens (tertiary/aromatic N) is 2. The molecule has 0 unspecified atom stereocenters. The summed E-state index contributed by atoms with van der Waals surface area (Å²) in [4.78, 5) is 0. The van der Waals surface area contributed by atoms with E-state index >= 15 is 0 Å². The van der Waals surface area contributed by atoms with Crippen molar-refractivity contribution in [2.75, 3.05) is 6.54 Å². The van der Waals surface area contributed by atoms with Gasteiger partial charge in [0.2, 0.25) is 0 Å². The molecule has 1 heterocycles. The number of rotatable bonds is 4. The van der Waals surface area contributed by atoms with Crippen LogP contribution in [-0.4, -0.2) is 26.8 Å². The van der Waals surface area contributed by atoms with Crippen LogP contribution in [0.5, 0.6) is 0 Å². The van der Waals surface area contributed by atoms with Gasteiger partial charge in [-0.3, -0.25) is 0 Å². The van der Waals surface area contributed by atoms with Crippen LogP contribution in [0.25, 0.3) is 0 Å². The van der Waals surface area contributed by atoms with E-state index in [-0.39, 0.29) is 0 Å². The fourth-order valence-electron chi connectivity index (χ4n) is 2.25. The van der Waals surface area contributed by atoms with E-state index in [9.17, 15) is 5.11 Å². The third kappa shape index (κ3) is 3.50. The lowest BCUT2D eigenvalue weighted by Crippen LogP contribution is -2.39. The molecule has 4 nitrogen and oxygen atoms in total. The second-order valence-electron chi connectivity index (χ2n) is 4.64. The molecule has 1 aliphatic carbocycles. The predicted molar refractivity (Wildman–Crippen MR) is 64.3 cm³/mol. The first-order chi connectivity index (χ1) is 7.79. The summed E-state index contributed by atoms with van der Waals surface area (Å²) in [6.45, 7) is 1.38. The van der Waals surface area contributed by atoms with Crippen LogP contribution < -0.4 is 5.32 Å². The van der Waals surface area contributed by atoms with Crippen molar-refractivity contribution in [2.24, 2.45) is 0 Å². The minimum absolute atomic E-state index is 0.500. The first kappa shape index (κ1) is 12.0. The zero-order valence-corrected chi connectivity index (χ0v) is 10.3. The van der Waals surface area contributed by atoms with Crippen LogP contribution >= 0.6 is 11.5 Å². The molecule has 5 heteroatoms. The third-order valence-electron chi connectivity index (χ3n) is 3.20. The molecule has 2 N–H and O–H groups in total. The van der Waals surface area contributed by atoms with Crippen molar-refractivity contribution >= 4 is 11.5 Å². The highest BCUT2D eigenvalue weighted by Crippen LogP contribution is 2.26. The van der Waals surface area contributed by atoms with E-state index in [4.69, 9.17) is 0 Å². The maximum absolute atomic E-state index is 10.4. The normalized spacial score (nSPS) is 20.6. The summed E-state index contributed by atoms with van der Waals surface area (Å²) in [6, 6.07) is 0. The van der Waals surface area contributed by atoms with Crippen molar-refractivity contribution < 1.29 is 5.11 Å². The van der Waals surface area contributed by atoms with Crippen LogP contribution in [0.15, 0.2) is 5.38 Å². The van der Waals surface area contributed by atoms with Crippen molar-refractivity contribution in [3.05, 3.63) is 11.1 Å². The van der Waals surface area contributed by atoms with Crippen molar-refractivity contribution in [3.63, 3.8) is 0 Å². The van der Waals surface area contributed by atoms with E-state index in [1.165, 1.54) is 24.4 Å². The summed E-state index contributed by atoms with van der Waals surface area (Å²) in [6.07, 6.45) is 6.67. The molecule has 2 rings (SSSR count). The van der Waals surface area contributed by atoms with Crippen molar-refractivity contribution in [3.8, 4) is 0 Å². The molecule has 1 aromatic rings. The van der Waals surface area contributed by atoms with Gasteiger partial charge in [0.1, 0.15) is 0 Å². The van der Waals surface area contributed by atoms with E-state index in [0.717, 1.165) is 31.4 Å². The van der Waals surface area contributed by atoms with Crippen LogP contribution in [0.2, 0.25) is 0 Å². The van der Waals surface area contributed by atoms with Crippen molar-refractivity contribution in [1.82, 2.24) is 14.9 Å². The Morgan fingerprint density at radius 2 is 2.06 bits per heavy atom. The number of hydrogen-bond donors (Lipinski definition) is 2. The van der Waals surface area contributed by atoms with Crippen molar-refractivity contribution in [2.45, 2.75) is 50.7 Å². The first-order valence-electron chi connectivity index (χ1n) is 5.98. The molecule has 1 aliphatic rings. The summed E-state index contributed by atoms with van der Waals surface area (Å²) >= 11 is 1.36. The molecular formula is C11H19N3OS. The molecule has 16 heavy (non-hydrogen) atoms. The van der Waals surface area contributed by atoms with Crippen LogP contribution in [0.3, 0.4) is 0 Å². The number of aliphatic hydroxyl groups is 1. The number of aromatic nitrogens is 2. The third-order valence-corrected chi connectivity index (χ3v) is 3.75. The minimum atomic E-state index is -0.500. The molecule has 0 atom stereocenters. The molecule has 0 bridgehead atoms. The monoisotopic (exact) mass is 241 g/mol. The average molecular weight is 241 g/mol. The van der Waals surface area contributed by atoms with Gasteiger partial charge in [-0.15, -0.1) is 5.10 Å². The Balaban J connectivity index is 1.75. The fraction of sp³-hybridized carbons (Fsp3) is 0.818. The van der Waals surface area contributed by atoms with Crippen LogP contribution in [0.4, 0.5) is 0 Å². The summed E-state index contributed by atoms with van der Waals surface area (Å²) < 4.78 is 3.81. The first-order valence-corrected chi connectivity index (χ1v) is 6.81.